The van der Waals surface area contributed by atoms with Crippen molar-refractivity contribution < 1.29 is 4.79 Å². The Bertz CT molecular complexity index is 901. The second kappa shape index (κ2) is 6.44. The SMILES string of the molecule is Cn1c(CNC(=O)Cc2ccccc2)nc2ccccc2c1=O. The molecular weight excluding hydrogens is 290 g/mol. The van der Waals surface area contributed by atoms with Crippen molar-refractivity contribution in [3.63, 3.8) is 0 Å². The van der Waals surface area contributed by atoms with E-state index in [1.165, 1.54) is 4.57 Å². The molecule has 3 rings (SSSR count). The van der Waals surface area contributed by atoms with Gasteiger partial charge in [-0.15, -0.1) is 0 Å². The summed E-state index contributed by atoms with van der Waals surface area (Å²) in [7, 11) is 1.67. The van der Waals surface area contributed by atoms with Crippen LogP contribution in [0.1, 0.15) is 11.4 Å². The van der Waals surface area contributed by atoms with Gasteiger partial charge in [0.2, 0.25) is 5.91 Å². The molecule has 0 radical (unpaired) electrons. The van der Waals surface area contributed by atoms with E-state index in [-0.39, 0.29) is 18.0 Å². The second-order valence-corrected chi connectivity index (χ2v) is 5.35. The fraction of sp³-hybridized carbons (Fsp3) is 0.167. The molecule has 5 heteroatoms. The first-order valence-electron chi connectivity index (χ1n) is 7.40. The molecule has 0 unspecified atom stereocenters. The molecule has 1 heterocycles. The van der Waals surface area contributed by atoms with Crippen molar-refractivity contribution >= 4 is 16.8 Å². The molecule has 0 atom stereocenters. The van der Waals surface area contributed by atoms with E-state index in [1.54, 1.807) is 19.2 Å². The molecule has 0 saturated carbocycles. The number of hydrogen-bond donors (Lipinski definition) is 1. The van der Waals surface area contributed by atoms with Gasteiger partial charge in [0.1, 0.15) is 5.82 Å². The van der Waals surface area contributed by atoms with Crippen molar-refractivity contribution in [2.24, 2.45) is 7.05 Å². The molecule has 1 aromatic heterocycles. The van der Waals surface area contributed by atoms with Crippen molar-refractivity contribution in [3.8, 4) is 0 Å². The normalized spacial score (nSPS) is 10.7. The van der Waals surface area contributed by atoms with Gasteiger partial charge in [-0.3, -0.25) is 14.2 Å². The first-order chi connectivity index (χ1) is 11.1. The third-order valence-corrected chi connectivity index (χ3v) is 3.73. The van der Waals surface area contributed by atoms with E-state index in [9.17, 15) is 9.59 Å². The fourth-order valence-corrected chi connectivity index (χ4v) is 2.44. The summed E-state index contributed by atoms with van der Waals surface area (Å²) in [6, 6.07) is 16.7. The summed E-state index contributed by atoms with van der Waals surface area (Å²) in [5, 5.41) is 3.40. The highest BCUT2D eigenvalue weighted by atomic mass is 16.1. The number of fused-ring (bicyclic) bond motifs is 1. The van der Waals surface area contributed by atoms with Crippen LogP contribution in [-0.4, -0.2) is 15.5 Å². The quantitative estimate of drug-likeness (QED) is 0.799. The van der Waals surface area contributed by atoms with Crippen LogP contribution in [0.3, 0.4) is 0 Å². The monoisotopic (exact) mass is 307 g/mol. The van der Waals surface area contributed by atoms with Crippen LogP contribution in [0.4, 0.5) is 0 Å². The van der Waals surface area contributed by atoms with Gasteiger partial charge in [0.15, 0.2) is 0 Å². The minimum atomic E-state index is -0.108. The van der Waals surface area contributed by atoms with Gasteiger partial charge in [-0.2, -0.15) is 0 Å². The Balaban J connectivity index is 1.76. The smallest absolute Gasteiger partial charge is 0.261 e. The molecule has 0 aliphatic heterocycles. The van der Waals surface area contributed by atoms with Crippen LogP contribution in [-0.2, 0) is 24.8 Å². The third kappa shape index (κ3) is 3.29. The lowest BCUT2D eigenvalue weighted by molar-refractivity contribution is -0.120. The molecule has 0 aliphatic rings. The van der Waals surface area contributed by atoms with Gasteiger partial charge in [-0.1, -0.05) is 42.5 Å². The number of carbonyl (C=O) groups is 1. The van der Waals surface area contributed by atoms with Crippen LogP contribution in [0.5, 0.6) is 0 Å². The molecule has 0 spiro atoms. The zero-order valence-corrected chi connectivity index (χ0v) is 12.8. The van der Waals surface area contributed by atoms with Crippen molar-refractivity contribution in [1.82, 2.24) is 14.9 Å². The summed E-state index contributed by atoms with van der Waals surface area (Å²) in [6.07, 6.45) is 0.308. The Morgan fingerprint density at radius 2 is 1.78 bits per heavy atom. The predicted molar refractivity (Wildman–Crippen MR) is 89.0 cm³/mol. The molecule has 116 valence electrons. The summed E-state index contributed by atoms with van der Waals surface area (Å²) >= 11 is 0. The lowest BCUT2D eigenvalue weighted by atomic mass is 10.1. The van der Waals surface area contributed by atoms with E-state index in [0.717, 1.165) is 5.56 Å². The van der Waals surface area contributed by atoms with E-state index in [0.29, 0.717) is 23.1 Å². The molecule has 1 N–H and O–H groups in total. The summed E-state index contributed by atoms with van der Waals surface area (Å²) in [4.78, 5) is 28.8. The van der Waals surface area contributed by atoms with Crippen LogP contribution in [0.25, 0.3) is 10.9 Å². The highest BCUT2D eigenvalue weighted by Crippen LogP contribution is 2.07. The van der Waals surface area contributed by atoms with Gasteiger partial charge in [0, 0.05) is 7.05 Å². The zero-order valence-electron chi connectivity index (χ0n) is 12.8. The van der Waals surface area contributed by atoms with E-state index < -0.39 is 0 Å². The number of para-hydroxylation sites is 1. The summed E-state index contributed by atoms with van der Waals surface area (Å²) < 4.78 is 1.48. The molecule has 1 amide bonds. The first-order valence-corrected chi connectivity index (χ1v) is 7.40. The number of nitrogens with zero attached hydrogens (tertiary/aromatic N) is 2. The molecule has 3 aromatic rings. The number of aromatic nitrogens is 2. The molecule has 0 aliphatic carbocycles. The molecule has 0 fully saturated rings. The van der Waals surface area contributed by atoms with Crippen LogP contribution in [0.2, 0.25) is 0 Å². The summed E-state index contributed by atoms with van der Waals surface area (Å²) in [5.74, 6) is 0.439. The average Bonchev–Trinajstić information content (AvgIpc) is 2.58. The van der Waals surface area contributed by atoms with Gasteiger partial charge in [-0.05, 0) is 17.7 Å². The van der Waals surface area contributed by atoms with E-state index in [1.807, 2.05) is 42.5 Å². The Labute approximate surface area is 133 Å². The summed E-state index contributed by atoms with van der Waals surface area (Å²) in [6.45, 7) is 0.224. The topological polar surface area (TPSA) is 64.0 Å². The Morgan fingerprint density at radius 3 is 2.57 bits per heavy atom. The van der Waals surface area contributed by atoms with E-state index in [2.05, 4.69) is 10.3 Å². The number of benzene rings is 2. The zero-order chi connectivity index (χ0) is 16.2. The fourth-order valence-electron chi connectivity index (χ4n) is 2.44. The van der Waals surface area contributed by atoms with Crippen LogP contribution in [0, 0.1) is 0 Å². The van der Waals surface area contributed by atoms with Crippen LogP contribution < -0.4 is 10.9 Å². The molecule has 0 saturated heterocycles. The van der Waals surface area contributed by atoms with Crippen molar-refractivity contribution in [2.75, 3.05) is 0 Å². The van der Waals surface area contributed by atoms with Crippen molar-refractivity contribution in [3.05, 3.63) is 76.3 Å². The lowest BCUT2D eigenvalue weighted by Crippen LogP contribution is -2.30. The Morgan fingerprint density at radius 1 is 1.09 bits per heavy atom. The first kappa shape index (κ1) is 15.0. The van der Waals surface area contributed by atoms with Gasteiger partial charge < -0.3 is 5.32 Å². The second-order valence-electron chi connectivity index (χ2n) is 5.35. The molecular formula is C18H17N3O2. The number of hydrogen-bond acceptors (Lipinski definition) is 3. The van der Waals surface area contributed by atoms with E-state index in [4.69, 9.17) is 0 Å². The average molecular weight is 307 g/mol. The molecule has 23 heavy (non-hydrogen) atoms. The van der Waals surface area contributed by atoms with Crippen molar-refractivity contribution in [1.29, 1.82) is 0 Å². The number of amides is 1. The maximum atomic E-state index is 12.3. The molecule has 2 aromatic carbocycles. The van der Waals surface area contributed by atoms with Gasteiger partial charge in [0.25, 0.3) is 5.56 Å². The number of rotatable bonds is 4. The largest absolute Gasteiger partial charge is 0.349 e. The highest BCUT2D eigenvalue weighted by Gasteiger charge is 2.09. The maximum absolute atomic E-state index is 12.3. The van der Waals surface area contributed by atoms with Gasteiger partial charge in [-0.25, -0.2) is 4.98 Å². The van der Waals surface area contributed by atoms with Crippen LogP contribution >= 0.6 is 0 Å². The minimum absolute atomic E-state index is 0.0985. The minimum Gasteiger partial charge on any atom is -0.349 e. The highest BCUT2D eigenvalue weighted by molar-refractivity contribution is 5.79. The third-order valence-electron chi connectivity index (χ3n) is 3.73. The summed E-state index contributed by atoms with van der Waals surface area (Å²) in [5.41, 5.74) is 1.48. The lowest BCUT2D eigenvalue weighted by Gasteiger charge is -2.10. The number of carbonyl (C=O) groups excluding carboxylic acids is 1. The maximum Gasteiger partial charge on any atom is 0.261 e. The van der Waals surface area contributed by atoms with Crippen molar-refractivity contribution in [2.45, 2.75) is 13.0 Å². The van der Waals surface area contributed by atoms with Gasteiger partial charge in [0.05, 0.1) is 23.9 Å². The molecule has 0 bridgehead atoms. The van der Waals surface area contributed by atoms with Crippen LogP contribution in [0.15, 0.2) is 59.4 Å². The van der Waals surface area contributed by atoms with Gasteiger partial charge >= 0.3 is 0 Å². The number of nitrogens with one attached hydrogen (secondary N) is 1. The standard InChI is InChI=1S/C18H17N3O2/c1-21-16(20-15-10-6-5-9-14(15)18(21)23)12-19-17(22)11-13-7-3-2-4-8-13/h2-10H,11-12H2,1H3,(H,19,22). The predicted octanol–water partition coefficient (Wildman–Crippen LogP) is 1.79. The molecule has 5 nitrogen and oxygen atoms in total. The Hall–Kier alpha value is -2.95. The Kier molecular flexibility index (Phi) is 4.19. The van der Waals surface area contributed by atoms with E-state index >= 15 is 0 Å².